The number of sulfonamides is 1. The largest absolute Gasteiger partial charge is 0.356 e. The van der Waals surface area contributed by atoms with E-state index >= 15 is 0 Å². The molecule has 118 valence electrons. The van der Waals surface area contributed by atoms with Crippen molar-refractivity contribution in [2.24, 2.45) is 0 Å². The summed E-state index contributed by atoms with van der Waals surface area (Å²) < 4.78 is 26.0. The second kappa shape index (κ2) is 6.83. The minimum atomic E-state index is -3.24. The van der Waals surface area contributed by atoms with Crippen molar-refractivity contribution < 1.29 is 8.42 Å². The topological polar surface area (TPSA) is 58.2 Å². The van der Waals surface area contributed by atoms with Crippen molar-refractivity contribution in [3.8, 4) is 0 Å². The minimum Gasteiger partial charge on any atom is -0.356 e. The van der Waals surface area contributed by atoms with Gasteiger partial charge in [-0.05, 0) is 67.8 Å². The zero-order chi connectivity index (χ0) is 16.2. The van der Waals surface area contributed by atoms with Crippen molar-refractivity contribution >= 4 is 27.1 Å². The number of nitrogens with one attached hydrogen (secondary N) is 2. The van der Waals surface area contributed by atoms with Gasteiger partial charge in [-0.3, -0.25) is 4.72 Å². The van der Waals surface area contributed by atoms with Gasteiger partial charge < -0.3 is 5.32 Å². The quantitative estimate of drug-likeness (QED) is 0.839. The van der Waals surface area contributed by atoms with E-state index in [0.29, 0.717) is 12.1 Å². The maximum Gasteiger partial charge on any atom is 0.232 e. The molecule has 2 aromatic carbocycles. The molecular formula is C17H22N2O2S. The number of hydrogen-bond acceptors (Lipinski definition) is 3. The van der Waals surface area contributed by atoms with E-state index in [1.807, 2.05) is 25.1 Å². The van der Waals surface area contributed by atoms with E-state index in [0.717, 1.165) is 11.4 Å². The third-order valence-electron chi connectivity index (χ3n) is 3.43. The van der Waals surface area contributed by atoms with E-state index in [2.05, 4.69) is 36.0 Å². The second-order valence-electron chi connectivity index (χ2n) is 5.42. The van der Waals surface area contributed by atoms with Gasteiger partial charge in [-0.1, -0.05) is 13.0 Å². The summed E-state index contributed by atoms with van der Waals surface area (Å²) in [5, 5.41) is 3.31. The Kier molecular flexibility index (Phi) is 5.08. The van der Waals surface area contributed by atoms with Crippen molar-refractivity contribution in [1.29, 1.82) is 0 Å². The molecule has 0 saturated carbocycles. The third kappa shape index (κ3) is 4.49. The molecule has 0 spiro atoms. The fourth-order valence-electron chi connectivity index (χ4n) is 2.11. The van der Waals surface area contributed by atoms with Gasteiger partial charge in [0.2, 0.25) is 10.0 Å². The molecule has 0 aliphatic carbocycles. The van der Waals surface area contributed by atoms with Crippen molar-refractivity contribution in [3.05, 3.63) is 53.6 Å². The molecule has 4 nitrogen and oxygen atoms in total. The molecule has 0 aromatic heterocycles. The maximum atomic E-state index is 11.7. The molecule has 22 heavy (non-hydrogen) atoms. The molecule has 2 aromatic rings. The lowest BCUT2D eigenvalue weighted by molar-refractivity contribution is 0.600. The summed E-state index contributed by atoms with van der Waals surface area (Å²) in [6.07, 6.45) is 0.599. The van der Waals surface area contributed by atoms with Crippen LogP contribution in [-0.4, -0.2) is 14.2 Å². The first kappa shape index (κ1) is 16.4. The third-order valence-corrected chi connectivity index (χ3v) is 4.92. The predicted molar refractivity (Wildman–Crippen MR) is 93.3 cm³/mol. The van der Waals surface area contributed by atoms with E-state index in [1.54, 1.807) is 12.1 Å². The lowest BCUT2D eigenvalue weighted by Crippen LogP contribution is -2.15. The molecule has 0 aliphatic rings. The Morgan fingerprint density at radius 1 is 0.864 bits per heavy atom. The van der Waals surface area contributed by atoms with Crippen LogP contribution in [0.4, 0.5) is 17.1 Å². The highest BCUT2D eigenvalue weighted by Gasteiger charge is 2.08. The molecular weight excluding hydrogens is 296 g/mol. The fourth-order valence-corrected chi connectivity index (χ4v) is 3.24. The molecule has 0 bridgehead atoms. The summed E-state index contributed by atoms with van der Waals surface area (Å²) in [7, 11) is -3.24. The zero-order valence-electron chi connectivity index (χ0n) is 13.2. The molecule has 0 atom stereocenters. The van der Waals surface area contributed by atoms with E-state index in [1.165, 1.54) is 11.1 Å². The summed E-state index contributed by atoms with van der Waals surface area (Å²) in [5.74, 6) is 0.135. The van der Waals surface area contributed by atoms with Gasteiger partial charge in [-0.15, -0.1) is 0 Å². The van der Waals surface area contributed by atoms with Crippen LogP contribution in [0.3, 0.4) is 0 Å². The summed E-state index contributed by atoms with van der Waals surface area (Å²) in [5.41, 5.74) is 5.00. The van der Waals surface area contributed by atoms with Crippen LogP contribution in [-0.2, 0) is 10.0 Å². The van der Waals surface area contributed by atoms with Crippen LogP contribution in [0.25, 0.3) is 0 Å². The standard InChI is InChI=1S/C17H22N2O2S/c1-4-11-22(20,21)19-16-9-7-15(8-10-16)18-17-6-5-13(2)14(3)12-17/h5-10,12,18-19H,4,11H2,1-3H3. The van der Waals surface area contributed by atoms with Gasteiger partial charge in [0.05, 0.1) is 5.75 Å². The number of benzene rings is 2. The van der Waals surface area contributed by atoms with Gasteiger partial charge in [0.1, 0.15) is 0 Å². The second-order valence-corrected chi connectivity index (χ2v) is 7.26. The van der Waals surface area contributed by atoms with E-state index in [9.17, 15) is 8.42 Å². The van der Waals surface area contributed by atoms with E-state index < -0.39 is 10.0 Å². The Labute approximate surface area is 132 Å². The number of hydrogen-bond donors (Lipinski definition) is 2. The lowest BCUT2D eigenvalue weighted by Gasteiger charge is -2.11. The predicted octanol–water partition coefficient (Wildman–Crippen LogP) is 4.20. The van der Waals surface area contributed by atoms with Gasteiger partial charge in [-0.2, -0.15) is 0 Å². The van der Waals surface area contributed by atoms with Crippen molar-refractivity contribution in [1.82, 2.24) is 0 Å². The average molecular weight is 318 g/mol. The van der Waals surface area contributed by atoms with Gasteiger partial charge in [0.15, 0.2) is 0 Å². The van der Waals surface area contributed by atoms with Crippen LogP contribution >= 0.6 is 0 Å². The van der Waals surface area contributed by atoms with Crippen LogP contribution in [0.5, 0.6) is 0 Å². The molecule has 2 rings (SSSR count). The van der Waals surface area contributed by atoms with Gasteiger partial charge in [-0.25, -0.2) is 8.42 Å². The normalized spacial score (nSPS) is 11.2. The lowest BCUT2D eigenvalue weighted by atomic mass is 10.1. The summed E-state index contributed by atoms with van der Waals surface area (Å²) in [6.45, 7) is 6.00. The Bertz CT molecular complexity index is 738. The highest BCUT2D eigenvalue weighted by atomic mass is 32.2. The highest BCUT2D eigenvalue weighted by molar-refractivity contribution is 7.92. The average Bonchev–Trinajstić information content (AvgIpc) is 2.44. The summed E-state index contributed by atoms with van der Waals surface area (Å²) in [6, 6.07) is 13.4. The monoisotopic (exact) mass is 318 g/mol. The molecule has 5 heteroatoms. The Morgan fingerprint density at radius 3 is 2.05 bits per heavy atom. The van der Waals surface area contributed by atoms with Crippen molar-refractivity contribution in [2.75, 3.05) is 15.8 Å². The molecule has 0 unspecified atom stereocenters. The van der Waals surface area contributed by atoms with Gasteiger partial charge in [0.25, 0.3) is 0 Å². The van der Waals surface area contributed by atoms with Gasteiger partial charge >= 0.3 is 0 Å². The maximum absolute atomic E-state index is 11.7. The van der Waals surface area contributed by atoms with Crippen LogP contribution in [0.2, 0.25) is 0 Å². The van der Waals surface area contributed by atoms with E-state index in [4.69, 9.17) is 0 Å². The number of aryl methyl sites for hydroxylation is 2. The molecule has 0 fully saturated rings. The first-order valence-electron chi connectivity index (χ1n) is 7.34. The van der Waals surface area contributed by atoms with Crippen LogP contribution in [0.15, 0.2) is 42.5 Å². The Morgan fingerprint density at radius 2 is 1.45 bits per heavy atom. The highest BCUT2D eigenvalue weighted by Crippen LogP contribution is 2.21. The van der Waals surface area contributed by atoms with Crippen LogP contribution < -0.4 is 10.0 Å². The first-order chi connectivity index (χ1) is 10.4. The fraction of sp³-hybridized carbons (Fsp3) is 0.294. The Balaban J connectivity index is 2.07. The summed E-state index contributed by atoms with van der Waals surface area (Å²) in [4.78, 5) is 0. The Hall–Kier alpha value is -2.01. The molecule has 0 heterocycles. The number of rotatable bonds is 6. The van der Waals surface area contributed by atoms with Crippen molar-refractivity contribution in [3.63, 3.8) is 0 Å². The van der Waals surface area contributed by atoms with E-state index in [-0.39, 0.29) is 5.75 Å². The van der Waals surface area contributed by atoms with Crippen molar-refractivity contribution in [2.45, 2.75) is 27.2 Å². The number of anilines is 3. The molecule has 0 radical (unpaired) electrons. The molecule has 0 saturated heterocycles. The van der Waals surface area contributed by atoms with Crippen LogP contribution in [0, 0.1) is 13.8 Å². The minimum absolute atomic E-state index is 0.135. The zero-order valence-corrected chi connectivity index (χ0v) is 14.0. The van der Waals surface area contributed by atoms with Crippen LogP contribution in [0.1, 0.15) is 24.5 Å². The molecule has 0 aliphatic heterocycles. The first-order valence-corrected chi connectivity index (χ1v) is 8.99. The molecule has 2 N–H and O–H groups in total. The smallest absolute Gasteiger partial charge is 0.232 e. The van der Waals surface area contributed by atoms with Gasteiger partial charge in [0, 0.05) is 17.1 Å². The summed E-state index contributed by atoms with van der Waals surface area (Å²) >= 11 is 0. The SMILES string of the molecule is CCCS(=O)(=O)Nc1ccc(Nc2ccc(C)c(C)c2)cc1. The molecule has 0 amide bonds.